The van der Waals surface area contributed by atoms with Gasteiger partial charge in [-0.05, 0) is 56.6 Å². The number of hydrogen-bond donors (Lipinski definition) is 1. The number of halogens is 3. The summed E-state index contributed by atoms with van der Waals surface area (Å²) in [4.78, 5) is 1.92. The van der Waals surface area contributed by atoms with E-state index in [0.29, 0.717) is 30.9 Å². The average molecular weight is 407 g/mol. The van der Waals surface area contributed by atoms with E-state index in [1.54, 1.807) is 24.3 Å². The van der Waals surface area contributed by atoms with Crippen molar-refractivity contribution in [2.45, 2.75) is 37.6 Å². The highest BCUT2D eigenvalue weighted by Crippen LogP contribution is 2.49. The minimum absolute atomic E-state index is 0.0501. The summed E-state index contributed by atoms with van der Waals surface area (Å²) < 4.78 is 46.1. The van der Waals surface area contributed by atoms with Crippen LogP contribution >= 0.6 is 0 Å². The van der Waals surface area contributed by atoms with E-state index >= 15 is 0 Å². The zero-order chi connectivity index (χ0) is 21.1. The molecule has 0 heterocycles. The summed E-state index contributed by atoms with van der Waals surface area (Å²) in [6, 6.07) is 16.5. The molecule has 1 saturated carbocycles. The Bertz CT molecular complexity index is 794. The van der Waals surface area contributed by atoms with E-state index in [2.05, 4.69) is 0 Å². The molecule has 0 amide bonds. The number of aliphatic hydroxyl groups is 1. The standard InChI is InChI=1S/C23H28F3NO2/c1-27(2)15-20-12-11-19(23(24,25)26)14-22(20,28)18-9-6-10-21(13-18)29-16-17-7-4-3-5-8-17/h3-10,13,19-20,28H,11-12,14-16H2,1-2H3. The Kier molecular flexibility index (Phi) is 6.54. The summed E-state index contributed by atoms with van der Waals surface area (Å²) in [5.74, 6) is -1.24. The van der Waals surface area contributed by atoms with Gasteiger partial charge in [0.2, 0.25) is 0 Å². The molecule has 0 bridgehead atoms. The van der Waals surface area contributed by atoms with Gasteiger partial charge in [-0.25, -0.2) is 0 Å². The highest BCUT2D eigenvalue weighted by atomic mass is 19.4. The van der Waals surface area contributed by atoms with Crippen LogP contribution in [-0.2, 0) is 12.2 Å². The fourth-order valence-electron chi connectivity index (χ4n) is 4.20. The van der Waals surface area contributed by atoms with Crippen LogP contribution in [0.15, 0.2) is 54.6 Å². The number of benzene rings is 2. The van der Waals surface area contributed by atoms with Gasteiger partial charge >= 0.3 is 6.18 Å². The van der Waals surface area contributed by atoms with E-state index in [4.69, 9.17) is 4.74 Å². The van der Waals surface area contributed by atoms with Crippen molar-refractivity contribution in [2.24, 2.45) is 11.8 Å². The van der Waals surface area contributed by atoms with Crippen molar-refractivity contribution in [3.05, 3.63) is 65.7 Å². The van der Waals surface area contributed by atoms with Crippen molar-refractivity contribution in [3.8, 4) is 5.75 Å². The zero-order valence-electron chi connectivity index (χ0n) is 16.8. The smallest absolute Gasteiger partial charge is 0.391 e. The van der Waals surface area contributed by atoms with Gasteiger partial charge < -0.3 is 14.7 Å². The van der Waals surface area contributed by atoms with Gasteiger partial charge in [0.05, 0.1) is 11.5 Å². The maximum absolute atomic E-state index is 13.4. The Morgan fingerprint density at radius 3 is 2.45 bits per heavy atom. The lowest BCUT2D eigenvalue weighted by atomic mass is 9.67. The molecule has 1 N–H and O–H groups in total. The molecule has 3 rings (SSSR count). The maximum atomic E-state index is 13.4. The molecule has 0 aromatic heterocycles. The van der Waals surface area contributed by atoms with Gasteiger partial charge in [0.15, 0.2) is 0 Å². The molecule has 158 valence electrons. The van der Waals surface area contributed by atoms with Crippen molar-refractivity contribution >= 4 is 0 Å². The molecule has 29 heavy (non-hydrogen) atoms. The molecule has 1 aliphatic carbocycles. The van der Waals surface area contributed by atoms with Crippen molar-refractivity contribution in [1.82, 2.24) is 4.90 Å². The molecule has 0 spiro atoms. The quantitative estimate of drug-likeness (QED) is 0.732. The second-order valence-electron chi connectivity index (χ2n) is 8.21. The molecular formula is C23H28F3NO2. The second-order valence-corrected chi connectivity index (χ2v) is 8.21. The summed E-state index contributed by atoms with van der Waals surface area (Å²) in [5.41, 5.74) is -0.0600. The lowest BCUT2D eigenvalue weighted by Gasteiger charge is -2.45. The third kappa shape index (κ3) is 5.31. The third-order valence-electron chi connectivity index (χ3n) is 5.73. The molecule has 0 aliphatic heterocycles. The molecule has 3 atom stereocenters. The molecule has 3 unspecified atom stereocenters. The van der Waals surface area contributed by atoms with Crippen LogP contribution in [0.25, 0.3) is 0 Å². The van der Waals surface area contributed by atoms with Crippen molar-refractivity contribution < 1.29 is 23.0 Å². The minimum Gasteiger partial charge on any atom is -0.489 e. The predicted octanol–water partition coefficient (Wildman–Crippen LogP) is 4.99. The van der Waals surface area contributed by atoms with Crippen LogP contribution in [0.3, 0.4) is 0 Å². The summed E-state index contributed by atoms with van der Waals surface area (Å²) >= 11 is 0. The largest absolute Gasteiger partial charge is 0.489 e. The summed E-state index contributed by atoms with van der Waals surface area (Å²) in [7, 11) is 3.74. The summed E-state index contributed by atoms with van der Waals surface area (Å²) in [5, 5.41) is 11.5. The summed E-state index contributed by atoms with van der Waals surface area (Å²) in [6.07, 6.45) is -4.25. The monoisotopic (exact) mass is 407 g/mol. The number of hydrogen-bond acceptors (Lipinski definition) is 3. The predicted molar refractivity (Wildman–Crippen MR) is 107 cm³/mol. The zero-order valence-corrected chi connectivity index (χ0v) is 16.8. The molecule has 0 saturated heterocycles. The van der Waals surface area contributed by atoms with Gasteiger partial charge in [-0.2, -0.15) is 13.2 Å². The fraction of sp³-hybridized carbons (Fsp3) is 0.478. The molecule has 2 aromatic rings. The van der Waals surface area contributed by atoms with Gasteiger partial charge in [0, 0.05) is 12.5 Å². The second kappa shape index (κ2) is 8.76. The number of ether oxygens (including phenoxy) is 1. The Hall–Kier alpha value is -2.05. The Labute approximate surface area is 170 Å². The molecule has 6 heteroatoms. The Morgan fingerprint density at radius 2 is 1.79 bits per heavy atom. The molecule has 0 radical (unpaired) electrons. The first kappa shape index (κ1) is 21.7. The van der Waals surface area contributed by atoms with E-state index in [0.717, 1.165) is 5.56 Å². The molecule has 3 nitrogen and oxygen atoms in total. The summed E-state index contributed by atoms with van der Waals surface area (Å²) in [6.45, 7) is 0.880. The molecule has 1 aliphatic rings. The first-order valence-corrected chi connectivity index (χ1v) is 9.89. The van der Waals surface area contributed by atoms with Gasteiger partial charge in [-0.15, -0.1) is 0 Å². The first-order valence-electron chi connectivity index (χ1n) is 9.89. The van der Waals surface area contributed by atoms with Crippen molar-refractivity contribution in [1.29, 1.82) is 0 Å². The fourth-order valence-corrected chi connectivity index (χ4v) is 4.20. The van der Waals surface area contributed by atoms with Gasteiger partial charge in [-0.1, -0.05) is 42.5 Å². The van der Waals surface area contributed by atoms with E-state index in [1.807, 2.05) is 49.3 Å². The van der Waals surface area contributed by atoms with E-state index in [-0.39, 0.29) is 18.8 Å². The van der Waals surface area contributed by atoms with E-state index < -0.39 is 17.7 Å². The maximum Gasteiger partial charge on any atom is 0.391 e. The van der Waals surface area contributed by atoms with Crippen molar-refractivity contribution in [2.75, 3.05) is 20.6 Å². The van der Waals surface area contributed by atoms with Gasteiger partial charge in [0.25, 0.3) is 0 Å². The minimum atomic E-state index is -4.31. The number of rotatable bonds is 6. The highest BCUT2D eigenvalue weighted by molar-refractivity contribution is 5.34. The Balaban J connectivity index is 1.85. The van der Waals surface area contributed by atoms with Crippen molar-refractivity contribution in [3.63, 3.8) is 0 Å². The van der Waals surface area contributed by atoms with E-state index in [1.165, 1.54) is 0 Å². The lowest BCUT2D eigenvalue weighted by Crippen LogP contribution is -2.48. The van der Waals surface area contributed by atoms with Crippen LogP contribution in [0.1, 0.15) is 30.4 Å². The highest BCUT2D eigenvalue weighted by Gasteiger charge is 2.51. The van der Waals surface area contributed by atoms with Crippen LogP contribution in [0.2, 0.25) is 0 Å². The van der Waals surface area contributed by atoms with Crippen LogP contribution in [0.5, 0.6) is 5.75 Å². The molecule has 2 aromatic carbocycles. The topological polar surface area (TPSA) is 32.7 Å². The van der Waals surface area contributed by atoms with Crippen LogP contribution in [0.4, 0.5) is 13.2 Å². The number of alkyl halides is 3. The van der Waals surface area contributed by atoms with Crippen LogP contribution in [0, 0.1) is 11.8 Å². The van der Waals surface area contributed by atoms with Gasteiger partial charge in [-0.3, -0.25) is 0 Å². The Morgan fingerprint density at radius 1 is 1.07 bits per heavy atom. The number of nitrogens with zero attached hydrogens (tertiary/aromatic N) is 1. The van der Waals surface area contributed by atoms with E-state index in [9.17, 15) is 18.3 Å². The van der Waals surface area contributed by atoms with Crippen LogP contribution < -0.4 is 4.74 Å². The lowest BCUT2D eigenvalue weighted by molar-refractivity contribution is -0.212. The average Bonchev–Trinajstić information content (AvgIpc) is 2.68. The molecular weight excluding hydrogens is 379 g/mol. The first-order chi connectivity index (χ1) is 13.7. The van der Waals surface area contributed by atoms with Crippen LogP contribution in [-0.4, -0.2) is 36.8 Å². The van der Waals surface area contributed by atoms with Gasteiger partial charge in [0.1, 0.15) is 12.4 Å². The normalized spacial score (nSPS) is 25.2. The molecule has 1 fully saturated rings. The third-order valence-corrected chi connectivity index (χ3v) is 5.73. The SMILES string of the molecule is CN(C)CC1CCC(C(F)(F)F)CC1(O)c1cccc(OCc2ccccc2)c1.